The fraction of sp³-hybridized carbons (Fsp3) is 0.385. The molecular weight excluding hydrogens is 246 g/mol. The summed E-state index contributed by atoms with van der Waals surface area (Å²) in [6.07, 6.45) is 0.710. The highest BCUT2D eigenvalue weighted by atomic mass is 16.5. The van der Waals surface area contributed by atoms with Gasteiger partial charge in [0.15, 0.2) is 18.1 Å². The Morgan fingerprint density at radius 2 is 2.16 bits per heavy atom. The van der Waals surface area contributed by atoms with E-state index in [0.29, 0.717) is 36.2 Å². The summed E-state index contributed by atoms with van der Waals surface area (Å²) in [5.74, 6) is 2.38. The largest absolute Gasteiger partial charge is 0.493 e. The summed E-state index contributed by atoms with van der Waals surface area (Å²) in [5, 5.41) is 3.82. The molecule has 0 saturated heterocycles. The molecule has 1 aromatic heterocycles. The quantitative estimate of drug-likeness (QED) is 0.853. The van der Waals surface area contributed by atoms with Crippen LogP contribution in [0.2, 0.25) is 0 Å². The summed E-state index contributed by atoms with van der Waals surface area (Å²) >= 11 is 0. The first-order chi connectivity index (χ1) is 9.26. The summed E-state index contributed by atoms with van der Waals surface area (Å²) < 4.78 is 15.9. The Morgan fingerprint density at radius 3 is 2.79 bits per heavy atom. The molecule has 2 rings (SSSR count). The van der Waals surface area contributed by atoms with Gasteiger partial charge in [-0.05, 0) is 17.7 Å². The standard InChI is InChI=1S/C13H17N3O3/c1-3-13-15-12(16-19-13)8-18-10-5-4-9(7-14)6-11(10)17-2/h4-6H,3,7-8,14H2,1-2H3. The van der Waals surface area contributed by atoms with E-state index in [9.17, 15) is 0 Å². The molecule has 0 aliphatic carbocycles. The highest BCUT2D eigenvalue weighted by Crippen LogP contribution is 2.28. The minimum Gasteiger partial charge on any atom is -0.493 e. The van der Waals surface area contributed by atoms with Gasteiger partial charge in [-0.1, -0.05) is 18.1 Å². The van der Waals surface area contributed by atoms with E-state index < -0.39 is 0 Å². The van der Waals surface area contributed by atoms with Crippen LogP contribution in [0, 0.1) is 0 Å². The van der Waals surface area contributed by atoms with Gasteiger partial charge >= 0.3 is 0 Å². The predicted molar refractivity (Wildman–Crippen MR) is 68.9 cm³/mol. The number of benzene rings is 1. The highest BCUT2D eigenvalue weighted by molar-refractivity contribution is 5.42. The lowest BCUT2D eigenvalue weighted by molar-refractivity contribution is 0.269. The van der Waals surface area contributed by atoms with Gasteiger partial charge in [0.05, 0.1) is 7.11 Å². The Bertz CT molecular complexity index is 540. The van der Waals surface area contributed by atoms with Gasteiger partial charge in [0.1, 0.15) is 0 Å². The Labute approximate surface area is 111 Å². The lowest BCUT2D eigenvalue weighted by atomic mass is 10.2. The summed E-state index contributed by atoms with van der Waals surface area (Å²) in [6, 6.07) is 5.57. The maximum Gasteiger partial charge on any atom is 0.226 e. The molecule has 0 amide bonds. The highest BCUT2D eigenvalue weighted by Gasteiger charge is 2.09. The molecule has 1 heterocycles. The molecule has 2 N–H and O–H groups in total. The van der Waals surface area contributed by atoms with Gasteiger partial charge in [-0.3, -0.25) is 0 Å². The van der Waals surface area contributed by atoms with Gasteiger partial charge in [-0.2, -0.15) is 4.98 Å². The molecule has 0 fully saturated rings. The number of aromatic nitrogens is 2. The number of nitrogens with two attached hydrogens (primary N) is 1. The third kappa shape index (κ3) is 3.23. The number of hydrogen-bond acceptors (Lipinski definition) is 6. The van der Waals surface area contributed by atoms with Gasteiger partial charge in [-0.15, -0.1) is 0 Å². The first kappa shape index (κ1) is 13.4. The molecule has 0 saturated carbocycles. The molecule has 102 valence electrons. The molecule has 0 spiro atoms. The zero-order chi connectivity index (χ0) is 13.7. The summed E-state index contributed by atoms with van der Waals surface area (Å²) in [4.78, 5) is 4.17. The van der Waals surface area contributed by atoms with Crippen LogP contribution < -0.4 is 15.2 Å². The van der Waals surface area contributed by atoms with Crippen molar-refractivity contribution < 1.29 is 14.0 Å². The molecule has 0 unspecified atom stereocenters. The zero-order valence-corrected chi connectivity index (χ0v) is 11.0. The Morgan fingerprint density at radius 1 is 1.32 bits per heavy atom. The van der Waals surface area contributed by atoms with Crippen molar-refractivity contribution in [1.29, 1.82) is 0 Å². The average Bonchev–Trinajstić information content (AvgIpc) is 2.92. The molecular formula is C13H17N3O3. The SMILES string of the molecule is CCc1nc(COc2ccc(CN)cc2OC)no1. The third-order valence-corrected chi connectivity index (χ3v) is 2.63. The maximum absolute atomic E-state index is 5.62. The summed E-state index contributed by atoms with van der Waals surface area (Å²) in [6.45, 7) is 2.65. The monoisotopic (exact) mass is 263 g/mol. The Kier molecular flexibility index (Phi) is 4.35. The van der Waals surface area contributed by atoms with Crippen LogP contribution in [0.15, 0.2) is 22.7 Å². The van der Waals surface area contributed by atoms with E-state index in [2.05, 4.69) is 10.1 Å². The van der Waals surface area contributed by atoms with Crippen LogP contribution in [-0.4, -0.2) is 17.3 Å². The molecule has 0 aliphatic rings. The summed E-state index contributed by atoms with van der Waals surface area (Å²) in [5.41, 5.74) is 6.56. The van der Waals surface area contributed by atoms with E-state index >= 15 is 0 Å². The molecule has 0 aliphatic heterocycles. The molecule has 6 nitrogen and oxygen atoms in total. The van der Waals surface area contributed by atoms with Crippen molar-refractivity contribution in [3.8, 4) is 11.5 Å². The van der Waals surface area contributed by atoms with Gasteiger partial charge in [-0.25, -0.2) is 0 Å². The van der Waals surface area contributed by atoms with E-state index in [0.717, 1.165) is 5.56 Å². The van der Waals surface area contributed by atoms with Gasteiger partial charge in [0, 0.05) is 13.0 Å². The van der Waals surface area contributed by atoms with Crippen LogP contribution >= 0.6 is 0 Å². The maximum atomic E-state index is 5.62. The first-order valence-electron chi connectivity index (χ1n) is 6.08. The van der Waals surface area contributed by atoms with E-state index in [1.165, 1.54) is 0 Å². The van der Waals surface area contributed by atoms with Crippen LogP contribution in [0.5, 0.6) is 11.5 Å². The third-order valence-electron chi connectivity index (χ3n) is 2.63. The second-order valence-corrected chi connectivity index (χ2v) is 3.94. The molecule has 2 aromatic rings. The van der Waals surface area contributed by atoms with Crippen molar-refractivity contribution in [3.05, 3.63) is 35.5 Å². The lowest BCUT2D eigenvalue weighted by Crippen LogP contribution is -2.01. The van der Waals surface area contributed by atoms with E-state index in [1.807, 2.05) is 25.1 Å². The van der Waals surface area contributed by atoms with Gasteiger partial charge < -0.3 is 19.7 Å². The smallest absolute Gasteiger partial charge is 0.226 e. The topological polar surface area (TPSA) is 83.4 Å². The van der Waals surface area contributed by atoms with Crippen molar-refractivity contribution in [2.24, 2.45) is 5.73 Å². The first-order valence-corrected chi connectivity index (χ1v) is 6.08. The molecule has 1 aromatic carbocycles. The fourth-order valence-electron chi connectivity index (χ4n) is 1.59. The van der Waals surface area contributed by atoms with Crippen molar-refractivity contribution in [3.63, 3.8) is 0 Å². The number of rotatable bonds is 6. The number of nitrogens with zero attached hydrogens (tertiary/aromatic N) is 2. The van der Waals surface area contributed by atoms with Crippen molar-refractivity contribution >= 4 is 0 Å². The number of aryl methyl sites for hydroxylation is 1. The van der Waals surface area contributed by atoms with E-state index in [4.69, 9.17) is 19.7 Å². The van der Waals surface area contributed by atoms with Crippen molar-refractivity contribution in [2.45, 2.75) is 26.5 Å². The minimum atomic E-state index is 0.238. The number of hydrogen-bond donors (Lipinski definition) is 1. The number of ether oxygens (including phenoxy) is 2. The van der Waals surface area contributed by atoms with E-state index in [-0.39, 0.29) is 6.61 Å². The minimum absolute atomic E-state index is 0.238. The zero-order valence-electron chi connectivity index (χ0n) is 11.0. The molecule has 0 radical (unpaired) electrons. The van der Waals surface area contributed by atoms with Crippen molar-refractivity contribution in [2.75, 3.05) is 7.11 Å². The van der Waals surface area contributed by atoms with Crippen LogP contribution in [0.4, 0.5) is 0 Å². The predicted octanol–water partition coefficient (Wildman–Crippen LogP) is 1.68. The average molecular weight is 263 g/mol. The normalized spacial score (nSPS) is 10.5. The second-order valence-electron chi connectivity index (χ2n) is 3.94. The fourth-order valence-corrected chi connectivity index (χ4v) is 1.59. The van der Waals surface area contributed by atoms with Crippen LogP contribution in [0.25, 0.3) is 0 Å². The van der Waals surface area contributed by atoms with Crippen LogP contribution in [0.1, 0.15) is 24.2 Å². The lowest BCUT2D eigenvalue weighted by Gasteiger charge is -2.10. The Balaban J connectivity index is 2.06. The van der Waals surface area contributed by atoms with Crippen LogP contribution in [-0.2, 0) is 19.6 Å². The van der Waals surface area contributed by atoms with E-state index in [1.54, 1.807) is 7.11 Å². The van der Waals surface area contributed by atoms with Crippen molar-refractivity contribution in [1.82, 2.24) is 10.1 Å². The Hall–Kier alpha value is -2.08. The van der Waals surface area contributed by atoms with Crippen LogP contribution in [0.3, 0.4) is 0 Å². The van der Waals surface area contributed by atoms with Gasteiger partial charge in [0.2, 0.25) is 11.7 Å². The van der Waals surface area contributed by atoms with Gasteiger partial charge in [0.25, 0.3) is 0 Å². The molecule has 0 bridgehead atoms. The second kappa shape index (κ2) is 6.19. The molecule has 19 heavy (non-hydrogen) atoms. The number of methoxy groups -OCH3 is 1. The molecule has 0 atom stereocenters. The molecule has 6 heteroatoms. The summed E-state index contributed by atoms with van der Waals surface area (Å²) in [7, 11) is 1.59.